The second kappa shape index (κ2) is 4.05. The topological polar surface area (TPSA) is 38.3 Å². The summed E-state index contributed by atoms with van der Waals surface area (Å²) in [7, 11) is 0. The van der Waals surface area contributed by atoms with Gasteiger partial charge in [-0.25, -0.2) is 4.39 Å². The van der Waals surface area contributed by atoms with Gasteiger partial charge >= 0.3 is 0 Å². The van der Waals surface area contributed by atoms with E-state index in [-0.39, 0.29) is 12.0 Å². The summed E-state index contributed by atoms with van der Waals surface area (Å²) in [6.45, 7) is 3.37. The van der Waals surface area contributed by atoms with Crippen molar-refractivity contribution < 1.29 is 13.9 Å². The Bertz CT molecular complexity index is 188. The third-order valence-corrected chi connectivity index (χ3v) is 2.02. The molecule has 1 heterocycles. The maximum Gasteiger partial charge on any atom is 0.249 e. The van der Waals surface area contributed by atoms with Crippen LogP contribution in [0.1, 0.15) is 26.7 Å². The number of hydrogen-bond acceptors (Lipinski definition) is 2. The molecule has 1 aliphatic rings. The molecule has 1 amide bonds. The summed E-state index contributed by atoms with van der Waals surface area (Å²) in [6, 6.07) is 0. The highest BCUT2D eigenvalue weighted by Gasteiger charge is 2.28. The Morgan fingerprint density at radius 3 is 2.85 bits per heavy atom. The molecule has 1 N–H and O–H groups in total. The van der Waals surface area contributed by atoms with Crippen LogP contribution in [0.5, 0.6) is 0 Å². The molecule has 1 fully saturated rings. The average Bonchev–Trinajstić information content (AvgIpc) is 2.55. The van der Waals surface area contributed by atoms with Gasteiger partial charge in [-0.1, -0.05) is 0 Å². The summed E-state index contributed by atoms with van der Waals surface area (Å²) in [6.07, 6.45) is 1.29. The zero-order chi connectivity index (χ0) is 9.90. The largest absolute Gasteiger partial charge is 0.368 e. The standard InChI is InChI=1S/C9H16FNO2/c1-9(2,6-10)11-8(12)7-4-3-5-13-7/h7H,3-6H2,1-2H3,(H,11,12)/t7-/m0/s1. The number of alkyl halides is 1. The molecule has 4 heteroatoms. The Morgan fingerprint density at radius 1 is 1.69 bits per heavy atom. The smallest absolute Gasteiger partial charge is 0.249 e. The predicted octanol–water partition coefficient (Wildman–Crippen LogP) is 1.03. The lowest BCUT2D eigenvalue weighted by molar-refractivity contribution is -0.131. The van der Waals surface area contributed by atoms with E-state index in [9.17, 15) is 9.18 Å². The Labute approximate surface area is 77.6 Å². The average molecular weight is 189 g/mol. The van der Waals surface area contributed by atoms with E-state index in [1.54, 1.807) is 13.8 Å². The van der Waals surface area contributed by atoms with Gasteiger partial charge in [-0.3, -0.25) is 4.79 Å². The fourth-order valence-electron chi connectivity index (χ4n) is 1.23. The minimum absolute atomic E-state index is 0.194. The maximum atomic E-state index is 12.4. The SMILES string of the molecule is CC(C)(CF)NC(=O)[C@@H]1CCCO1. The lowest BCUT2D eigenvalue weighted by Crippen LogP contribution is -2.49. The van der Waals surface area contributed by atoms with Crippen molar-refractivity contribution in [3.8, 4) is 0 Å². The zero-order valence-corrected chi connectivity index (χ0v) is 8.10. The van der Waals surface area contributed by atoms with Crippen molar-refractivity contribution in [2.75, 3.05) is 13.3 Å². The molecule has 1 atom stereocenters. The summed E-state index contributed by atoms with van der Waals surface area (Å²) >= 11 is 0. The highest BCUT2D eigenvalue weighted by Crippen LogP contribution is 2.13. The van der Waals surface area contributed by atoms with Crippen molar-refractivity contribution in [3.63, 3.8) is 0 Å². The van der Waals surface area contributed by atoms with Crippen LogP contribution in [0.25, 0.3) is 0 Å². The van der Waals surface area contributed by atoms with Crippen LogP contribution in [0.15, 0.2) is 0 Å². The second-order valence-electron chi connectivity index (χ2n) is 4.01. The number of rotatable bonds is 3. The van der Waals surface area contributed by atoms with E-state index in [0.717, 1.165) is 12.8 Å². The van der Waals surface area contributed by atoms with Gasteiger partial charge in [0.25, 0.3) is 0 Å². The van der Waals surface area contributed by atoms with Gasteiger partial charge in [0.2, 0.25) is 5.91 Å². The quantitative estimate of drug-likeness (QED) is 0.720. The van der Waals surface area contributed by atoms with E-state index in [1.165, 1.54) is 0 Å². The molecule has 0 unspecified atom stereocenters. The third-order valence-electron chi connectivity index (χ3n) is 2.02. The number of halogens is 1. The highest BCUT2D eigenvalue weighted by atomic mass is 19.1. The minimum Gasteiger partial charge on any atom is -0.368 e. The van der Waals surface area contributed by atoms with Crippen LogP contribution in [0, 0.1) is 0 Å². The lowest BCUT2D eigenvalue weighted by atomic mass is 10.1. The number of nitrogens with one attached hydrogen (secondary N) is 1. The predicted molar refractivity (Wildman–Crippen MR) is 47.2 cm³/mol. The summed E-state index contributed by atoms with van der Waals surface area (Å²) in [5, 5.41) is 2.61. The molecular formula is C9H16FNO2. The maximum absolute atomic E-state index is 12.4. The number of hydrogen-bond donors (Lipinski definition) is 1. The molecule has 0 aromatic rings. The molecule has 1 saturated heterocycles. The summed E-state index contributed by atoms with van der Waals surface area (Å²) in [4.78, 5) is 11.4. The Balaban J connectivity index is 2.40. The summed E-state index contributed by atoms with van der Waals surface area (Å²) in [5.74, 6) is -0.194. The molecule has 0 aromatic heterocycles. The Morgan fingerprint density at radius 2 is 2.38 bits per heavy atom. The molecule has 0 spiro atoms. The van der Waals surface area contributed by atoms with Crippen LogP contribution >= 0.6 is 0 Å². The van der Waals surface area contributed by atoms with Crippen LogP contribution in [-0.4, -0.2) is 30.8 Å². The number of amides is 1. The van der Waals surface area contributed by atoms with Crippen LogP contribution in [-0.2, 0) is 9.53 Å². The molecular weight excluding hydrogens is 173 g/mol. The highest BCUT2D eigenvalue weighted by molar-refractivity contribution is 5.81. The fraction of sp³-hybridized carbons (Fsp3) is 0.889. The van der Waals surface area contributed by atoms with Gasteiger partial charge in [0.05, 0.1) is 5.54 Å². The molecule has 1 rings (SSSR count). The second-order valence-corrected chi connectivity index (χ2v) is 4.01. The van der Waals surface area contributed by atoms with Crippen LogP contribution in [0.2, 0.25) is 0 Å². The molecule has 3 nitrogen and oxygen atoms in total. The van der Waals surface area contributed by atoms with Gasteiger partial charge in [0, 0.05) is 6.61 Å². The summed E-state index contributed by atoms with van der Waals surface area (Å²) < 4.78 is 17.5. The Hall–Kier alpha value is -0.640. The van der Waals surface area contributed by atoms with E-state index in [0.29, 0.717) is 6.61 Å². The minimum atomic E-state index is -0.775. The van der Waals surface area contributed by atoms with E-state index >= 15 is 0 Å². The fourth-order valence-corrected chi connectivity index (χ4v) is 1.23. The normalized spacial score (nSPS) is 23.2. The van der Waals surface area contributed by atoms with Gasteiger partial charge in [-0.2, -0.15) is 0 Å². The molecule has 0 radical (unpaired) electrons. The summed E-state index contributed by atoms with van der Waals surface area (Å²) in [5.41, 5.74) is -0.775. The molecule has 13 heavy (non-hydrogen) atoms. The lowest BCUT2D eigenvalue weighted by Gasteiger charge is -2.24. The van der Waals surface area contributed by atoms with Gasteiger partial charge in [0.1, 0.15) is 12.8 Å². The van der Waals surface area contributed by atoms with E-state index in [1.807, 2.05) is 0 Å². The first-order chi connectivity index (χ1) is 6.05. The van der Waals surface area contributed by atoms with Crippen molar-refractivity contribution in [1.82, 2.24) is 5.32 Å². The molecule has 1 aliphatic heterocycles. The molecule has 0 aliphatic carbocycles. The first kappa shape index (κ1) is 10.4. The van der Waals surface area contributed by atoms with Gasteiger partial charge in [-0.05, 0) is 26.7 Å². The van der Waals surface area contributed by atoms with E-state index in [2.05, 4.69) is 5.32 Å². The van der Waals surface area contributed by atoms with Gasteiger partial charge in [-0.15, -0.1) is 0 Å². The van der Waals surface area contributed by atoms with E-state index in [4.69, 9.17) is 4.74 Å². The molecule has 76 valence electrons. The molecule has 0 bridgehead atoms. The first-order valence-electron chi connectivity index (χ1n) is 4.55. The van der Waals surface area contributed by atoms with Crippen LogP contribution < -0.4 is 5.32 Å². The first-order valence-corrected chi connectivity index (χ1v) is 4.55. The molecule has 0 aromatic carbocycles. The zero-order valence-electron chi connectivity index (χ0n) is 8.10. The van der Waals surface area contributed by atoms with Gasteiger partial charge in [0.15, 0.2) is 0 Å². The van der Waals surface area contributed by atoms with Crippen LogP contribution in [0.4, 0.5) is 4.39 Å². The third kappa shape index (κ3) is 2.95. The van der Waals surface area contributed by atoms with Crippen LogP contribution in [0.3, 0.4) is 0 Å². The van der Waals surface area contributed by atoms with Crippen molar-refractivity contribution in [3.05, 3.63) is 0 Å². The van der Waals surface area contributed by atoms with Crippen molar-refractivity contribution in [2.24, 2.45) is 0 Å². The van der Waals surface area contributed by atoms with Crippen molar-refractivity contribution >= 4 is 5.91 Å². The van der Waals surface area contributed by atoms with Crippen molar-refractivity contribution in [2.45, 2.75) is 38.3 Å². The molecule has 0 saturated carbocycles. The number of carbonyl (C=O) groups excluding carboxylic acids is 1. The Kier molecular flexibility index (Phi) is 3.25. The van der Waals surface area contributed by atoms with Gasteiger partial charge < -0.3 is 10.1 Å². The van der Waals surface area contributed by atoms with Crippen molar-refractivity contribution in [1.29, 1.82) is 0 Å². The number of ether oxygens (including phenoxy) is 1. The monoisotopic (exact) mass is 189 g/mol. The van der Waals surface area contributed by atoms with E-state index < -0.39 is 12.2 Å². The number of carbonyl (C=O) groups is 1.